The van der Waals surface area contributed by atoms with Crippen molar-refractivity contribution in [2.24, 2.45) is 0 Å². The maximum Gasteiger partial charge on any atom is 0.247 e. The van der Waals surface area contributed by atoms with E-state index in [4.69, 9.17) is 11.6 Å². The number of carbonyl (C=O) groups is 2. The monoisotopic (exact) mass is 425 g/mol. The number of aromatic nitrogens is 2. The van der Waals surface area contributed by atoms with Crippen LogP contribution >= 0.6 is 23.4 Å². The number of rotatable bonds is 3. The van der Waals surface area contributed by atoms with Gasteiger partial charge in [-0.1, -0.05) is 29.4 Å². The number of anilines is 1. The average molecular weight is 426 g/mol. The van der Waals surface area contributed by atoms with E-state index in [1.54, 1.807) is 18.2 Å². The Hall–Kier alpha value is -2.44. The number of imide groups is 1. The standard InChI is InChI=1S/C22H20ClN3O2S/c1-11-5-6-15(9-17(11)23)26-20(27)10-19(21(26)28)29-22-24-14(4)16-7-12(2)13(3)8-18(16)25-22/h5-9,19H,10H2,1-4H3/t19-/m1/s1. The van der Waals surface area contributed by atoms with Crippen molar-refractivity contribution >= 4 is 51.8 Å². The van der Waals surface area contributed by atoms with Crippen molar-refractivity contribution in [1.82, 2.24) is 9.97 Å². The summed E-state index contributed by atoms with van der Waals surface area (Å²) in [6, 6.07) is 9.32. The number of thioether (sulfide) groups is 1. The predicted octanol–water partition coefficient (Wildman–Crippen LogP) is 4.94. The van der Waals surface area contributed by atoms with Gasteiger partial charge in [0.05, 0.1) is 11.2 Å². The minimum atomic E-state index is -0.550. The molecule has 0 saturated carbocycles. The summed E-state index contributed by atoms with van der Waals surface area (Å²) in [4.78, 5) is 35.9. The van der Waals surface area contributed by atoms with E-state index >= 15 is 0 Å². The fourth-order valence-corrected chi connectivity index (χ4v) is 4.59. The third-order valence-electron chi connectivity index (χ3n) is 5.25. The van der Waals surface area contributed by atoms with E-state index in [0.29, 0.717) is 15.9 Å². The van der Waals surface area contributed by atoms with E-state index in [2.05, 4.69) is 23.0 Å². The summed E-state index contributed by atoms with van der Waals surface area (Å²) in [5, 5.41) is 1.49. The molecule has 7 heteroatoms. The molecule has 5 nitrogen and oxygen atoms in total. The molecule has 0 aliphatic carbocycles. The van der Waals surface area contributed by atoms with Gasteiger partial charge in [-0.05, 0) is 68.7 Å². The van der Waals surface area contributed by atoms with Crippen molar-refractivity contribution in [2.75, 3.05) is 4.90 Å². The van der Waals surface area contributed by atoms with Crippen LogP contribution in [0.1, 0.15) is 28.8 Å². The fourth-order valence-electron chi connectivity index (χ4n) is 3.38. The van der Waals surface area contributed by atoms with Crippen molar-refractivity contribution < 1.29 is 9.59 Å². The molecule has 148 valence electrons. The molecule has 1 saturated heterocycles. The Morgan fingerprint density at radius 2 is 1.72 bits per heavy atom. The lowest BCUT2D eigenvalue weighted by Crippen LogP contribution is -2.31. The molecule has 0 N–H and O–H groups in total. The molecule has 1 atom stereocenters. The number of fused-ring (bicyclic) bond motifs is 1. The molecule has 29 heavy (non-hydrogen) atoms. The quantitative estimate of drug-likeness (QED) is 0.439. The van der Waals surface area contributed by atoms with Crippen molar-refractivity contribution in [1.29, 1.82) is 0 Å². The van der Waals surface area contributed by atoms with Crippen LogP contribution in [0.4, 0.5) is 5.69 Å². The van der Waals surface area contributed by atoms with E-state index in [-0.39, 0.29) is 18.2 Å². The van der Waals surface area contributed by atoms with Gasteiger partial charge in [-0.15, -0.1) is 0 Å². The third-order valence-corrected chi connectivity index (χ3v) is 6.70. The van der Waals surface area contributed by atoms with Gasteiger partial charge in [-0.3, -0.25) is 9.59 Å². The van der Waals surface area contributed by atoms with E-state index in [1.165, 1.54) is 22.2 Å². The van der Waals surface area contributed by atoms with Gasteiger partial charge in [0.1, 0.15) is 5.25 Å². The van der Waals surface area contributed by atoms with Crippen LogP contribution in [-0.2, 0) is 9.59 Å². The van der Waals surface area contributed by atoms with Crippen LogP contribution in [0.3, 0.4) is 0 Å². The van der Waals surface area contributed by atoms with Crippen LogP contribution in [0.5, 0.6) is 0 Å². The second kappa shape index (κ2) is 7.43. The molecule has 3 aromatic rings. The summed E-state index contributed by atoms with van der Waals surface area (Å²) in [6.45, 7) is 7.92. The molecule has 1 fully saturated rings. The second-order valence-electron chi connectivity index (χ2n) is 7.36. The van der Waals surface area contributed by atoms with Crippen molar-refractivity contribution in [3.63, 3.8) is 0 Å². The van der Waals surface area contributed by atoms with Crippen LogP contribution in [0.2, 0.25) is 5.02 Å². The molecular weight excluding hydrogens is 406 g/mol. The summed E-state index contributed by atoms with van der Waals surface area (Å²) in [5.41, 5.74) is 5.45. The maximum atomic E-state index is 12.9. The van der Waals surface area contributed by atoms with Gasteiger partial charge in [-0.2, -0.15) is 0 Å². The summed E-state index contributed by atoms with van der Waals surface area (Å²) >= 11 is 7.42. The molecule has 0 unspecified atom stereocenters. The summed E-state index contributed by atoms with van der Waals surface area (Å²) in [6.07, 6.45) is 0.113. The van der Waals surface area contributed by atoms with Crippen molar-refractivity contribution in [3.05, 3.63) is 57.7 Å². The molecule has 2 heterocycles. The number of nitrogens with zero attached hydrogens (tertiary/aromatic N) is 3. The van der Waals surface area contributed by atoms with Gasteiger partial charge in [0.15, 0.2) is 5.16 Å². The van der Waals surface area contributed by atoms with Crippen LogP contribution in [0.15, 0.2) is 35.5 Å². The molecule has 4 rings (SSSR count). The van der Waals surface area contributed by atoms with Crippen LogP contribution in [-0.4, -0.2) is 27.0 Å². The minimum Gasteiger partial charge on any atom is -0.274 e. The van der Waals surface area contributed by atoms with Crippen molar-refractivity contribution in [3.8, 4) is 0 Å². The SMILES string of the molecule is Cc1cc2nc(S[C@@H]3CC(=O)N(c4ccc(C)c(Cl)c4)C3=O)nc(C)c2cc1C. The van der Waals surface area contributed by atoms with Gasteiger partial charge in [0.25, 0.3) is 0 Å². The Balaban J connectivity index is 1.63. The molecular formula is C22H20ClN3O2S. The van der Waals surface area contributed by atoms with Crippen molar-refractivity contribution in [2.45, 2.75) is 44.5 Å². The zero-order valence-corrected chi connectivity index (χ0v) is 18.2. The summed E-state index contributed by atoms with van der Waals surface area (Å²) in [5.74, 6) is -0.502. The fraction of sp³-hybridized carbons (Fsp3) is 0.273. The Morgan fingerprint density at radius 1 is 1.00 bits per heavy atom. The number of carbonyl (C=O) groups excluding carboxylic acids is 2. The Kier molecular flexibility index (Phi) is 5.09. The lowest BCUT2D eigenvalue weighted by molar-refractivity contribution is -0.121. The van der Waals surface area contributed by atoms with Crippen LogP contribution < -0.4 is 4.90 Å². The lowest BCUT2D eigenvalue weighted by Gasteiger charge is -2.16. The van der Waals surface area contributed by atoms with E-state index in [9.17, 15) is 9.59 Å². The molecule has 2 aromatic carbocycles. The molecule has 2 amide bonds. The van der Waals surface area contributed by atoms with Gasteiger partial charge in [-0.25, -0.2) is 14.9 Å². The molecule has 0 bridgehead atoms. The summed E-state index contributed by atoms with van der Waals surface area (Å²) < 4.78 is 0. The normalized spacial score (nSPS) is 16.9. The summed E-state index contributed by atoms with van der Waals surface area (Å²) in [7, 11) is 0. The number of amides is 2. The van der Waals surface area contributed by atoms with E-state index < -0.39 is 5.25 Å². The van der Waals surface area contributed by atoms with Crippen LogP contribution in [0.25, 0.3) is 10.9 Å². The smallest absolute Gasteiger partial charge is 0.247 e. The molecule has 0 spiro atoms. The highest BCUT2D eigenvalue weighted by Crippen LogP contribution is 2.35. The predicted molar refractivity (Wildman–Crippen MR) is 117 cm³/mol. The minimum absolute atomic E-state index is 0.113. The lowest BCUT2D eigenvalue weighted by atomic mass is 10.1. The molecule has 1 aliphatic rings. The highest BCUT2D eigenvalue weighted by molar-refractivity contribution is 8.00. The highest BCUT2D eigenvalue weighted by Gasteiger charge is 2.40. The average Bonchev–Trinajstić information content (AvgIpc) is 2.93. The Labute approximate surface area is 178 Å². The number of halogens is 1. The molecule has 1 aromatic heterocycles. The first-order chi connectivity index (χ1) is 13.7. The zero-order valence-electron chi connectivity index (χ0n) is 16.6. The first kappa shape index (κ1) is 19.9. The number of hydrogen-bond donors (Lipinski definition) is 0. The van der Waals surface area contributed by atoms with E-state index in [1.807, 2.05) is 26.8 Å². The first-order valence-electron chi connectivity index (χ1n) is 9.30. The number of benzene rings is 2. The second-order valence-corrected chi connectivity index (χ2v) is 8.93. The third kappa shape index (κ3) is 3.63. The largest absolute Gasteiger partial charge is 0.274 e. The maximum absolute atomic E-state index is 12.9. The topological polar surface area (TPSA) is 63.2 Å². The van der Waals surface area contributed by atoms with E-state index in [0.717, 1.165) is 27.7 Å². The van der Waals surface area contributed by atoms with Gasteiger partial charge in [0, 0.05) is 22.5 Å². The zero-order chi connectivity index (χ0) is 20.9. The number of aryl methyl sites for hydroxylation is 4. The van der Waals surface area contributed by atoms with Gasteiger partial charge >= 0.3 is 0 Å². The molecule has 0 radical (unpaired) electrons. The van der Waals surface area contributed by atoms with Gasteiger partial charge < -0.3 is 0 Å². The first-order valence-corrected chi connectivity index (χ1v) is 10.6. The Bertz CT molecular complexity index is 1180. The van der Waals surface area contributed by atoms with Crippen LogP contribution in [0, 0.1) is 27.7 Å². The highest BCUT2D eigenvalue weighted by atomic mass is 35.5. The molecule has 1 aliphatic heterocycles. The van der Waals surface area contributed by atoms with Gasteiger partial charge in [0.2, 0.25) is 11.8 Å². The number of hydrogen-bond acceptors (Lipinski definition) is 5. The Morgan fingerprint density at radius 3 is 2.45 bits per heavy atom.